The van der Waals surface area contributed by atoms with E-state index >= 15 is 0 Å². The number of aromatic nitrogens is 3. The molecular weight excluding hydrogens is 334 g/mol. The van der Waals surface area contributed by atoms with Gasteiger partial charge >= 0.3 is 12.0 Å². The van der Waals surface area contributed by atoms with Crippen molar-refractivity contribution in [2.75, 3.05) is 18.4 Å². The van der Waals surface area contributed by atoms with E-state index in [2.05, 4.69) is 15.5 Å². The Bertz CT molecular complexity index is 802. The van der Waals surface area contributed by atoms with Crippen molar-refractivity contribution in [1.29, 1.82) is 0 Å². The van der Waals surface area contributed by atoms with Crippen molar-refractivity contribution >= 4 is 17.7 Å². The van der Waals surface area contributed by atoms with Crippen molar-refractivity contribution in [3.63, 3.8) is 0 Å². The number of aliphatic carboxylic acids is 1. The molecule has 2 amide bonds. The molecule has 0 spiro atoms. The molecule has 8 heteroatoms. The summed E-state index contributed by atoms with van der Waals surface area (Å²) < 4.78 is 1.94. The molecule has 0 radical (unpaired) electrons. The number of carbonyl (C=O) groups is 2. The van der Waals surface area contributed by atoms with Crippen LogP contribution in [0, 0.1) is 5.92 Å². The fraction of sp³-hybridized carbons (Fsp3) is 0.444. The molecule has 1 atom stereocenters. The Hall–Kier alpha value is -2.90. The van der Waals surface area contributed by atoms with Gasteiger partial charge in [0.05, 0.1) is 11.6 Å². The Morgan fingerprint density at radius 2 is 2.08 bits per heavy atom. The zero-order chi connectivity index (χ0) is 18.7. The van der Waals surface area contributed by atoms with Gasteiger partial charge < -0.3 is 19.9 Å². The first kappa shape index (κ1) is 17.9. The Balaban J connectivity index is 1.81. The maximum Gasteiger partial charge on any atom is 0.321 e. The molecule has 1 saturated heterocycles. The predicted molar refractivity (Wildman–Crippen MR) is 96.8 cm³/mol. The van der Waals surface area contributed by atoms with Crippen molar-refractivity contribution in [1.82, 2.24) is 19.7 Å². The molecule has 3 rings (SSSR count). The van der Waals surface area contributed by atoms with Gasteiger partial charge in [0.1, 0.15) is 6.33 Å². The van der Waals surface area contributed by atoms with Crippen LogP contribution in [0.4, 0.5) is 10.5 Å². The third kappa shape index (κ3) is 3.68. The number of amides is 2. The van der Waals surface area contributed by atoms with Crippen LogP contribution in [0.25, 0.3) is 11.4 Å². The number of benzene rings is 1. The number of likely N-dealkylation sites (tertiary alicyclic amines) is 1. The molecule has 138 valence electrons. The number of nitrogens with one attached hydrogen (secondary N) is 1. The molecule has 0 aliphatic carbocycles. The van der Waals surface area contributed by atoms with Crippen molar-refractivity contribution in [3.05, 3.63) is 30.6 Å². The Morgan fingerprint density at radius 3 is 2.81 bits per heavy atom. The molecule has 2 aromatic rings. The fourth-order valence-corrected chi connectivity index (χ4v) is 3.16. The molecule has 1 aliphatic rings. The van der Waals surface area contributed by atoms with E-state index < -0.39 is 11.9 Å². The van der Waals surface area contributed by atoms with Gasteiger partial charge in [0.2, 0.25) is 0 Å². The number of nitrogens with zero attached hydrogens (tertiary/aromatic N) is 4. The van der Waals surface area contributed by atoms with Crippen LogP contribution in [0.3, 0.4) is 0 Å². The lowest BCUT2D eigenvalue weighted by Gasteiger charge is -2.31. The SMILES string of the molecule is CC(C)n1cnnc1-c1ccccc1NC(=O)N1CCCC(C(=O)O)C1. The number of carboxylic acids is 1. The Labute approximate surface area is 151 Å². The zero-order valence-corrected chi connectivity index (χ0v) is 14.9. The minimum absolute atomic E-state index is 0.183. The van der Waals surface area contributed by atoms with Gasteiger partial charge in [0, 0.05) is 24.7 Å². The lowest BCUT2D eigenvalue weighted by molar-refractivity contribution is -0.143. The summed E-state index contributed by atoms with van der Waals surface area (Å²) in [5.41, 5.74) is 1.41. The number of carbonyl (C=O) groups excluding carboxylic acids is 1. The van der Waals surface area contributed by atoms with Crippen LogP contribution in [0.15, 0.2) is 30.6 Å². The highest BCUT2D eigenvalue weighted by Crippen LogP contribution is 2.28. The van der Waals surface area contributed by atoms with E-state index in [-0.39, 0.29) is 18.6 Å². The number of hydrogen-bond acceptors (Lipinski definition) is 4. The average molecular weight is 357 g/mol. The highest BCUT2D eigenvalue weighted by molar-refractivity contribution is 5.94. The second kappa shape index (κ2) is 7.55. The molecule has 2 heterocycles. The molecular formula is C18H23N5O3. The van der Waals surface area contributed by atoms with Gasteiger partial charge in [-0.05, 0) is 38.8 Å². The van der Waals surface area contributed by atoms with Gasteiger partial charge in [0.15, 0.2) is 5.82 Å². The van der Waals surface area contributed by atoms with Crippen LogP contribution >= 0.6 is 0 Å². The number of hydrogen-bond donors (Lipinski definition) is 2. The third-order valence-electron chi connectivity index (χ3n) is 4.60. The second-order valence-electron chi connectivity index (χ2n) is 6.75. The lowest BCUT2D eigenvalue weighted by Crippen LogP contribution is -2.44. The van der Waals surface area contributed by atoms with E-state index in [4.69, 9.17) is 0 Å². The fourth-order valence-electron chi connectivity index (χ4n) is 3.16. The van der Waals surface area contributed by atoms with Crippen LogP contribution in [-0.2, 0) is 4.79 Å². The zero-order valence-electron chi connectivity index (χ0n) is 14.9. The monoisotopic (exact) mass is 357 g/mol. The van der Waals surface area contributed by atoms with E-state index in [1.165, 1.54) is 0 Å². The van der Waals surface area contributed by atoms with Crippen LogP contribution in [-0.4, -0.2) is 49.9 Å². The van der Waals surface area contributed by atoms with Gasteiger partial charge in [0.25, 0.3) is 0 Å². The van der Waals surface area contributed by atoms with E-state index in [0.29, 0.717) is 30.9 Å². The normalized spacial score (nSPS) is 17.3. The summed E-state index contributed by atoms with van der Waals surface area (Å²) in [6.07, 6.45) is 2.96. The number of para-hydroxylation sites is 1. The highest BCUT2D eigenvalue weighted by Gasteiger charge is 2.28. The van der Waals surface area contributed by atoms with Crippen molar-refractivity contribution in [3.8, 4) is 11.4 Å². The van der Waals surface area contributed by atoms with Crippen LogP contribution in [0.5, 0.6) is 0 Å². The second-order valence-corrected chi connectivity index (χ2v) is 6.75. The molecule has 26 heavy (non-hydrogen) atoms. The van der Waals surface area contributed by atoms with Crippen LogP contribution in [0.1, 0.15) is 32.7 Å². The largest absolute Gasteiger partial charge is 0.481 e. The molecule has 0 bridgehead atoms. The molecule has 8 nitrogen and oxygen atoms in total. The Morgan fingerprint density at radius 1 is 1.31 bits per heavy atom. The van der Waals surface area contributed by atoms with Gasteiger partial charge in [-0.15, -0.1) is 10.2 Å². The molecule has 0 saturated carbocycles. The maximum atomic E-state index is 12.7. The number of rotatable bonds is 4. The van der Waals surface area contributed by atoms with Crippen molar-refractivity contribution in [2.45, 2.75) is 32.7 Å². The molecule has 1 aliphatic heterocycles. The predicted octanol–water partition coefficient (Wildman–Crippen LogP) is 2.85. The van der Waals surface area contributed by atoms with Crippen LogP contribution in [0.2, 0.25) is 0 Å². The van der Waals surface area contributed by atoms with E-state index in [9.17, 15) is 14.7 Å². The first-order valence-electron chi connectivity index (χ1n) is 8.75. The number of anilines is 1. The van der Waals surface area contributed by atoms with E-state index in [1.807, 2.05) is 42.7 Å². The van der Waals surface area contributed by atoms with E-state index in [1.54, 1.807) is 11.2 Å². The van der Waals surface area contributed by atoms with Crippen molar-refractivity contribution in [2.24, 2.45) is 5.92 Å². The molecule has 1 aromatic heterocycles. The third-order valence-corrected chi connectivity index (χ3v) is 4.60. The highest BCUT2D eigenvalue weighted by atomic mass is 16.4. The smallest absolute Gasteiger partial charge is 0.321 e. The van der Waals surface area contributed by atoms with Gasteiger partial charge in [-0.3, -0.25) is 4.79 Å². The number of piperidine rings is 1. The maximum absolute atomic E-state index is 12.7. The summed E-state index contributed by atoms with van der Waals surface area (Å²) in [6.45, 7) is 4.85. The summed E-state index contributed by atoms with van der Waals surface area (Å²) in [6, 6.07) is 7.30. The standard InChI is InChI=1S/C18H23N5O3/c1-12(2)23-11-19-21-16(23)14-7-3-4-8-15(14)20-18(26)22-9-5-6-13(10-22)17(24)25/h3-4,7-8,11-13H,5-6,9-10H2,1-2H3,(H,20,26)(H,24,25). The summed E-state index contributed by atoms with van der Waals surface area (Å²) in [5.74, 6) is -0.681. The quantitative estimate of drug-likeness (QED) is 0.876. The molecule has 1 aromatic carbocycles. The molecule has 1 fully saturated rings. The summed E-state index contributed by atoms with van der Waals surface area (Å²) in [7, 11) is 0. The number of carboxylic acid groups (broad SMARTS) is 1. The topological polar surface area (TPSA) is 100 Å². The molecule has 2 N–H and O–H groups in total. The van der Waals surface area contributed by atoms with Gasteiger partial charge in [-0.1, -0.05) is 12.1 Å². The Kier molecular flexibility index (Phi) is 5.20. The summed E-state index contributed by atoms with van der Waals surface area (Å²) in [4.78, 5) is 25.4. The first-order valence-corrected chi connectivity index (χ1v) is 8.75. The summed E-state index contributed by atoms with van der Waals surface area (Å²) >= 11 is 0. The van der Waals surface area contributed by atoms with Crippen molar-refractivity contribution < 1.29 is 14.7 Å². The summed E-state index contributed by atoms with van der Waals surface area (Å²) in [5, 5.41) is 20.3. The average Bonchev–Trinajstić information content (AvgIpc) is 3.12. The minimum Gasteiger partial charge on any atom is -0.481 e. The van der Waals surface area contributed by atoms with Gasteiger partial charge in [-0.25, -0.2) is 4.79 Å². The lowest BCUT2D eigenvalue weighted by atomic mass is 9.99. The first-order chi connectivity index (χ1) is 12.5. The van der Waals surface area contributed by atoms with E-state index in [0.717, 1.165) is 5.56 Å². The minimum atomic E-state index is -0.854. The van der Waals surface area contributed by atoms with Gasteiger partial charge in [-0.2, -0.15) is 0 Å². The molecule has 1 unspecified atom stereocenters. The number of urea groups is 1. The van der Waals surface area contributed by atoms with Crippen LogP contribution < -0.4 is 5.32 Å².